The van der Waals surface area contributed by atoms with E-state index in [4.69, 9.17) is 16.3 Å². The van der Waals surface area contributed by atoms with E-state index in [1.807, 2.05) is 6.07 Å². The van der Waals surface area contributed by atoms with Crippen LogP contribution < -0.4 is 5.56 Å². The number of amides is 1. The van der Waals surface area contributed by atoms with Crippen molar-refractivity contribution in [2.75, 3.05) is 13.2 Å². The number of carbonyl (C=O) groups is 2. The standard InChI is InChI=1S/C19H16ClN3O4S/c1-2-9-23(10-12-7-8-15(20)28-12)16(24)11-27-19(26)17-13-5-3-4-6-14(13)18(25)22-21-17/h2-8H,1,9-11H2,(H,22,25). The number of thiophene rings is 1. The average molecular weight is 418 g/mol. The molecule has 0 aliphatic rings. The summed E-state index contributed by atoms with van der Waals surface area (Å²) in [4.78, 5) is 39.1. The van der Waals surface area contributed by atoms with E-state index in [0.717, 1.165) is 4.88 Å². The Bertz CT molecular complexity index is 1090. The third kappa shape index (κ3) is 4.47. The van der Waals surface area contributed by atoms with E-state index in [9.17, 15) is 14.4 Å². The average Bonchev–Trinajstić information content (AvgIpc) is 3.11. The Hall–Kier alpha value is -2.97. The van der Waals surface area contributed by atoms with E-state index in [1.54, 1.807) is 36.4 Å². The molecule has 2 aromatic heterocycles. The van der Waals surface area contributed by atoms with Gasteiger partial charge in [0.25, 0.3) is 11.5 Å². The van der Waals surface area contributed by atoms with E-state index in [2.05, 4.69) is 16.8 Å². The number of nitrogens with one attached hydrogen (secondary N) is 1. The Labute approximate surface area is 169 Å². The summed E-state index contributed by atoms with van der Waals surface area (Å²) in [5.74, 6) is -1.18. The summed E-state index contributed by atoms with van der Waals surface area (Å²) in [6, 6.07) is 10.1. The van der Waals surface area contributed by atoms with Crippen LogP contribution in [-0.2, 0) is 16.1 Å². The predicted molar refractivity (Wildman–Crippen MR) is 108 cm³/mol. The quantitative estimate of drug-likeness (QED) is 0.471. The molecular formula is C19H16ClN3O4S. The van der Waals surface area contributed by atoms with Crippen molar-refractivity contribution in [1.29, 1.82) is 0 Å². The monoisotopic (exact) mass is 417 g/mol. The number of aromatic nitrogens is 2. The summed E-state index contributed by atoms with van der Waals surface area (Å²) < 4.78 is 5.76. The number of benzene rings is 1. The van der Waals surface area contributed by atoms with Crippen LogP contribution in [0.4, 0.5) is 0 Å². The second kappa shape index (κ2) is 8.81. The van der Waals surface area contributed by atoms with Gasteiger partial charge in [-0.15, -0.1) is 17.9 Å². The van der Waals surface area contributed by atoms with E-state index in [-0.39, 0.29) is 11.6 Å². The highest BCUT2D eigenvalue weighted by Gasteiger charge is 2.19. The Morgan fingerprint density at radius 3 is 2.68 bits per heavy atom. The predicted octanol–water partition coefficient (Wildman–Crippen LogP) is 3.01. The molecule has 0 saturated heterocycles. The number of nitrogens with zero attached hydrogens (tertiary/aromatic N) is 2. The maximum atomic E-state index is 12.5. The minimum atomic E-state index is -0.793. The zero-order valence-electron chi connectivity index (χ0n) is 14.7. The number of fused-ring (bicyclic) bond motifs is 1. The van der Waals surface area contributed by atoms with Gasteiger partial charge in [0.2, 0.25) is 0 Å². The molecule has 0 atom stereocenters. The van der Waals surface area contributed by atoms with Crippen LogP contribution in [0.25, 0.3) is 10.8 Å². The van der Waals surface area contributed by atoms with Crippen molar-refractivity contribution in [3.63, 3.8) is 0 Å². The molecule has 0 unspecified atom stereocenters. The van der Waals surface area contributed by atoms with Gasteiger partial charge in [-0.05, 0) is 18.2 Å². The molecule has 1 N–H and O–H groups in total. The second-order valence-electron chi connectivity index (χ2n) is 5.79. The van der Waals surface area contributed by atoms with Crippen LogP contribution in [0, 0.1) is 0 Å². The molecule has 144 valence electrons. The van der Waals surface area contributed by atoms with Gasteiger partial charge in [-0.25, -0.2) is 9.89 Å². The molecule has 0 bridgehead atoms. The summed E-state index contributed by atoms with van der Waals surface area (Å²) >= 11 is 7.29. The number of hydrogen-bond acceptors (Lipinski definition) is 6. The van der Waals surface area contributed by atoms with Crippen LogP contribution in [-0.4, -0.2) is 40.1 Å². The molecule has 0 aliphatic carbocycles. The highest BCUT2D eigenvalue weighted by atomic mass is 35.5. The molecule has 1 amide bonds. The number of rotatable bonds is 7. The topological polar surface area (TPSA) is 92.4 Å². The summed E-state index contributed by atoms with van der Waals surface area (Å²) in [6.45, 7) is 3.82. The fourth-order valence-corrected chi connectivity index (χ4v) is 3.70. The van der Waals surface area contributed by atoms with Crippen molar-refractivity contribution in [2.24, 2.45) is 0 Å². The van der Waals surface area contributed by atoms with Gasteiger partial charge in [0, 0.05) is 16.8 Å². The maximum Gasteiger partial charge on any atom is 0.359 e. The van der Waals surface area contributed by atoms with Gasteiger partial charge < -0.3 is 9.64 Å². The third-order valence-corrected chi connectivity index (χ3v) is 5.11. The Kier molecular flexibility index (Phi) is 6.23. The van der Waals surface area contributed by atoms with E-state index >= 15 is 0 Å². The Morgan fingerprint density at radius 2 is 2.00 bits per heavy atom. The molecule has 1 aromatic carbocycles. The van der Waals surface area contributed by atoms with Gasteiger partial charge in [-0.1, -0.05) is 35.9 Å². The van der Waals surface area contributed by atoms with Crippen LogP contribution in [0.15, 0.2) is 53.8 Å². The Morgan fingerprint density at radius 1 is 1.25 bits per heavy atom. The number of ether oxygens (including phenoxy) is 1. The summed E-state index contributed by atoms with van der Waals surface area (Å²) in [6.07, 6.45) is 1.59. The number of aromatic amines is 1. The fourth-order valence-electron chi connectivity index (χ4n) is 2.59. The molecule has 9 heteroatoms. The van der Waals surface area contributed by atoms with Crippen LogP contribution in [0.3, 0.4) is 0 Å². The zero-order chi connectivity index (χ0) is 20.1. The normalized spacial score (nSPS) is 10.6. The van der Waals surface area contributed by atoms with Crippen molar-refractivity contribution >= 4 is 45.6 Å². The third-order valence-electron chi connectivity index (χ3n) is 3.89. The van der Waals surface area contributed by atoms with Crippen molar-refractivity contribution in [3.8, 4) is 0 Å². The molecule has 0 radical (unpaired) electrons. The van der Waals surface area contributed by atoms with Crippen LogP contribution in [0.1, 0.15) is 15.4 Å². The van der Waals surface area contributed by atoms with Crippen LogP contribution in [0.2, 0.25) is 4.34 Å². The molecule has 0 aliphatic heterocycles. The van der Waals surface area contributed by atoms with Gasteiger partial charge in [-0.3, -0.25) is 9.59 Å². The highest BCUT2D eigenvalue weighted by molar-refractivity contribution is 7.16. The van der Waals surface area contributed by atoms with Crippen molar-refractivity contribution in [1.82, 2.24) is 15.1 Å². The highest BCUT2D eigenvalue weighted by Crippen LogP contribution is 2.22. The summed E-state index contributed by atoms with van der Waals surface area (Å²) in [5.41, 5.74) is -0.460. The first-order valence-electron chi connectivity index (χ1n) is 8.27. The largest absolute Gasteiger partial charge is 0.451 e. The van der Waals surface area contributed by atoms with Crippen molar-refractivity contribution in [3.05, 3.63) is 74.3 Å². The molecule has 3 rings (SSSR count). The molecule has 0 saturated carbocycles. The first kappa shape index (κ1) is 19.8. The molecule has 0 spiro atoms. The fraction of sp³-hybridized carbons (Fsp3) is 0.158. The number of H-pyrrole nitrogens is 1. The summed E-state index contributed by atoms with van der Waals surface area (Å²) in [5, 5.41) is 6.71. The molecule has 2 heterocycles. The van der Waals surface area contributed by atoms with Crippen LogP contribution >= 0.6 is 22.9 Å². The lowest BCUT2D eigenvalue weighted by Crippen LogP contribution is -2.34. The smallest absolute Gasteiger partial charge is 0.359 e. The number of hydrogen-bond donors (Lipinski definition) is 1. The van der Waals surface area contributed by atoms with Crippen molar-refractivity contribution in [2.45, 2.75) is 6.54 Å². The second-order valence-corrected chi connectivity index (χ2v) is 7.59. The number of halogens is 1. The Balaban J connectivity index is 1.70. The van der Waals surface area contributed by atoms with Gasteiger partial charge in [-0.2, -0.15) is 5.10 Å². The first-order chi connectivity index (χ1) is 13.5. The first-order valence-corrected chi connectivity index (χ1v) is 9.46. The lowest BCUT2D eigenvalue weighted by Gasteiger charge is -2.20. The number of esters is 1. The van der Waals surface area contributed by atoms with Crippen molar-refractivity contribution < 1.29 is 14.3 Å². The minimum absolute atomic E-state index is 0.0525. The van der Waals surface area contributed by atoms with Gasteiger partial charge in [0.05, 0.1) is 16.3 Å². The lowest BCUT2D eigenvalue weighted by atomic mass is 10.1. The molecule has 3 aromatic rings. The molecule has 0 fully saturated rings. The summed E-state index contributed by atoms with van der Waals surface area (Å²) in [7, 11) is 0. The number of carbonyl (C=O) groups excluding carboxylic acids is 2. The molecule has 7 nitrogen and oxygen atoms in total. The lowest BCUT2D eigenvalue weighted by molar-refractivity contribution is -0.134. The maximum absolute atomic E-state index is 12.5. The van der Waals surface area contributed by atoms with E-state index in [0.29, 0.717) is 28.2 Å². The molecular weight excluding hydrogens is 402 g/mol. The van der Waals surface area contributed by atoms with E-state index in [1.165, 1.54) is 16.2 Å². The SMILES string of the molecule is C=CCN(Cc1ccc(Cl)s1)C(=O)COC(=O)c1n[nH]c(=O)c2ccccc12. The van der Waals surface area contributed by atoms with Crippen LogP contribution in [0.5, 0.6) is 0 Å². The van der Waals surface area contributed by atoms with Gasteiger partial charge in [0.15, 0.2) is 12.3 Å². The minimum Gasteiger partial charge on any atom is -0.451 e. The van der Waals surface area contributed by atoms with E-state index < -0.39 is 18.1 Å². The molecule has 28 heavy (non-hydrogen) atoms. The van der Waals surface area contributed by atoms with Gasteiger partial charge >= 0.3 is 5.97 Å². The zero-order valence-corrected chi connectivity index (χ0v) is 16.3. The van der Waals surface area contributed by atoms with Gasteiger partial charge in [0.1, 0.15) is 0 Å².